The van der Waals surface area contributed by atoms with Crippen molar-refractivity contribution in [2.75, 3.05) is 13.6 Å². The second-order valence-corrected chi connectivity index (χ2v) is 5.36. The number of carboxylic acids is 1. The van der Waals surface area contributed by atoms with Crippen LogP contribution in [0.25, 0.3) is 0 Å². The average Bonchev–Trinajstić information content (AvgIpc) is 2.37. The Kier molecular flexibility index (Phi) is 6.10. The average molecular weight is 319 g/mol. The summed E-state index contributed by atoms with van der Waals surface area (Å²) < 4.78 is 0. The molecule has 20 heavy (non-hydrogen) atoms. The number of nitrogens with zero attached hydrogens (tertiary/aromatic N) is 1. The molecule has 0 spiro atoms. The van der Waals surface area contributed by atoms with Gasteiger partial charge in [0, 0.05) is 30.2 Å². The van der Waals surface area contributed by atoms with Gasteiger partial charge < -0.3 is 15.3 Å². The second-order valence-electron chi connectivity index (χ2n) is 4.51. The zero-order valence-electron chi connectivity index (χ0n) is 11.2. The van der Waals surface area contributed by atoms with Crippen LogP contribution in [0.3, 0.4) is 0 Å². The van der Waals surface area contributed by atoms with Gasteiger partial charge in [-0.15, -0.1) is 0 Å². The van der Waals surface area contributed by atoms with Crippen LogP contribution in [0.2, 0.25) is 10.0 Å². The van der Waals surface area contributed by atoms with E-state index in [-0.39, 0.29) is 19.1 Å². The molecular weight excluding hydrogens is 303 g/mol. The largest absolute Gasteiger partial charge is 0.481 e. The van der Waals surface area contributed by atoms with Gasteiger partial charge >= 0.3 is 12.0 Å². The highest BCUT2D eigenvalue weighted by Crippen LogP contribution is 2.20. The molecule has 7 heteroatoms. The second kappa shape index (κ2) is 7.36. The van der Waals surface area contributed by atoms with Gasteiger partial charge in [0.15, 0.2) is 0 Å². The summed E-state index contributed by atoms with van der Waals surface area (Å²) in [5.74, 6) is -1.56. The molecule has 1 atom stereocenters. The van der Waals surface area contributed by atoms with E-state index >= 15 is 0 Å². The van der Waals surface area contributed by atoms with Gasteiger partial charge in [0.05, 0.1) is 5.92 Å². The monoisotopic (exact) mass is 318 g/mol. The van der Waals surface area contributed by atoms with Crippen LogP contribution in [0, 0.1) is 5.92 Å². The van der Waals surface area contributed by atoms with Crippen LogP contribution >= 0.6 is 23.2 Å². The number of hydrogen-bond donors (Lipinski definition) is 2. The normalized spacial score (nSPS) is 11.8. The third-order valence-corrected chi connectivity index (χ3v) is 3.35. The summed E-state index contributed by atoms with van der Waals surface area (Å²) in [6, 6.07) is 4.65. The van der Waals surface area contributed by atoms with Gasteiger partial charge in [0.2, 0.25) is 0 Å². The molecule has 0 heterocycles. The number of urea groups is 1. The van der Waals surface area contributed by atoms with E-state index in [2.05, 4.69) is 5.32 Å². The highest BCUT2D eigenvalue weighted by molar-refractivity contribution is 6.35. The Morgan fingerprint density at radius 2 is 2.05 bits per heavy atom. The van der Waals surface area contributed by atoms with Crippen LogP contribution in [0.4, 0.5) is 4.79 Å². The van der Waals surface area contributed by atoms with Crippen LogP contribution in [0.1, 0.15) is 12.5 Å². The van der Waals surface area contributed by atoms with Gasteiger partial charge in [-0.1, -0.05) is 36.2 Å². The van der Waals surface area contributed by atoms with E-state index in [9.17, 15) is 9.59 Å². The van der Waals surface area contributed by atoms with Crippen molar-refractivity contribution < 1.29 is 14.7 Å². The van der Waals surface area contributed by atoms with Crippen molar-refractivity contribution in [3.63, 3.8) is 0 Å². The van der Waals surface area contributed by atoms with Crippen molar-refractivity contribution in [3.8, 4) is 0 Å². The first-order valence-electron chi connectivity index (χ1n) is 5.97. The molecule has 1 aromatic carbocycles. The molecule has 1 unspecified atom stereocenters. The highest BCUT2D eigenvalue weighted by Gasteiger charge is 2.17. The number of amides is 2. The van der Waals surface area contributed by atoms with Crippen LogP contribution in [-0.4, -0.2) is 35.6 Å². The Morgan fingerprint density at radius 3 is 2.60 bits per heavy atom. The van der Waals surface area contributed by atoms with Crippen LogP contribution < -0.4 is 5.32 Å². The van der Waals surface area contributed by atoms with Crippen molar-refractivity contribution in [3.05, 3.63) is 33.8 Å². The molecule has 2 N–H and O–H groups in total. The number of hydrogen-bond acceptors (Lipinski definition) is 2. The summed E-state index contributed by atoms with van der Waals surface area (Å²) >= 11 is 11.8. The van der Waals surface area contributed by atoms with Gasteiger partial charge in [-0.3, -0.25) is 4.79 Å². The number of carbonyl (C=O) groups excluding carboxylic acids is 1. The van der Waals surface area contributed by atoms with E-state index in [0.717, 1.165) is 5.56 Å². The molecule has 0 aliphatic heterocycles. The number of carboxylic acid groups (broad SMARTS) is 1. The number of nitrogens with one attached hydrogen (secondary N) is 1. The lowest BCUT2D eigenvalue weighted by atomic mass is 10.2. The number of halogens is 2. The first kappa shape index (κ1) is 16.6. The number of aliphatic carboxylic acids is 1. The number of carbonyl (C=O) groups is 2. The quantitative estimate of drug-likeness (QED) is 0.877. The topological polar surface area (TPSA) is 69.6 Å². The first-order valence-corrected chi connectivity index (χ1v) is 6.72. The SMILES string of the molecule is CC(CN(C)C(=O)NCc1ccc(Cl)cc1Cl)C(=O)O. The van der Waals surface area contributed by atoms with Crippen molar-refractivity contribution in [1.82, 2.24) is 10.2 Å². The molecule has 0 aliphatic carbocycles. The zero-order chi connectivity index (χ0) is 15.3. The maximum absolute atomic E-state index is 11.8. The molecule has 110 valence electrons. The zero-order valence-corrected chi connectivity index (χ0v) is 12.7. The fraction of sp³-hybridized carbons (Fsp3) is 0.385. The molecule has 0 radical (unpaired) electrons. The minimum Gasteiger partial charge on any atom is -0.481 e. The standard InChI is InChI=1S/C13H16Cl2N2O3/c1-8(12(18)19)7-17(2)13(20)16-6-9-3-4-10(14)5-11(9)15/h3-5,8H,6-7H2,1-2H3,(H,16,20)(H,18,19). The highest BCUT2D eigenvalue weighted by atomic mass is 35.5. The van der Waals surface area contributed by atoms with Crippen LogP contribution in [0.15, 0.2) is 18.2 Å². The molecule has 0 saturated heterocycles. The summed E-state index contributed by atoms with van der Waals surface area (Å²) in [5, 5.41) is 12.5. The molecule has 0 aromatic heterocycles. The Bertz CT molecular complexity index is 508. The Morgan fingerprint density at radius 1 is 1.40 bits per heavy atom. The summed E-state index contributed by atoms with van der Waals surface area (Å²) in [5.41, 5.74) is 0.740. The van der Waals surface area contributed by atoms with Crippen molar-refractivity contribution in [2.45, 2.75) is 13.5 Å². The number of benzene rings is 1. The molecule has 2 amide bonds. The molecule has 5 nitrogen and oxygen atoms in total. The van der Waals surface area contributed by atoms with Gasteiger partial charge in [-0.25, -0.2) is 4.79 Å². The third kappa shape index (κ3) is 4.90. The van der Waals surface area contributed by atoms with E-state index in [4.69, 9.17) is 28.3 Å². The fourth-order valence-electron chi connectivity index (χ4n) is 1.54. The Balaban J connectivity index is 2.52. The maximum Gasteiger partial charge on any atom is 0.317 e. The number of rotatable bonds is 5. The molecule has 1 aromatic rings. The molecule has 0 bridgehead atoms. The lowest BCUT2D eigenvalue weighted by molar-refractivity contribution is -0.141. The van der Waals surface area contributed by atoms with E-state index < -0.39 is 11.9 Å². The van der Waals surface area contributed by atoms with Gasteiger partial charge in [-0.05, 0) is 17.7 Å². The summed E-state index contributed by atoms with van der Waals surface area (Å²) in [6.45, 7) is 1.93. The third-order valence-electron chi connectivity index (χ3n) is 2.76. The molecule has 0 saturated carbocycles. The summed E-state index contributed by atoms with van der Waals surface area (Å²) in [7, 11) is 1.54. The van der Waals surface area contributed by atoms with E-state index in [0.29, 0.717) is 10.0 Å². The van der Waals surface area contributed by atoms with Crippen molar-refractivity contribution in [1.29, 1.82) is 0 Å². The van der Waals surface area contributed by atoms with E-state index in [1.807, 2.05) is 0 Å². The first-order chi connectivity index (χ1) is 9.31. The van der Waals surface area contributed by atoms with Crippen LogP contribution in [0.5, 0.6) is 0 Å². The molecule has 0 fully saturated rings. The minimum atomic E-state index is -0.939. The Hall–Kier alpha value is -1.46. The van der Waals surface area contributed by atoms with E-state index in [1.54, 1.807) is 25.1 Å². The lowest BCUT2D eigenvalue weighted by Crippen LogP contribution is -2.40. The fourth-order valence-corrected chi connectivity index (χ4v) is 2.02. The maximum atomic E-state index is 11.8. The van der Waals surface area contributed by atoms with Crippen molar-refractivity contribution >= 4 is 35.2 Å². The molecule has 1 rings (SSSR count). The van der Waals surface area contributed by atoms with E-state index in [1.165, 1.54) is 11.9 Å². The lowest BCUT2D eigenvalue weighted by Gasteiger charge is -2.20. The smallest absolute Gasteiger partial charge is 0.317 e. The molecular formula is C13H16Cl2N2O3. The van der Waals surface area contributed by atoms with Gasteiger partial charge in [-0.2, -0.15) is 0 Å². The predicted molar refractivity (Wildman–Crippen MR) is 78.1 cm³/mol. The van der Waals surface area contributed by atoms with Crippen LogP contribution in [-0.2, 0) is 11.3 Å². The van der Waals surface area contributed by atoms with Gasteiger partial charge in [0.1, 0.15) is 0 Å². The molecule has 0 aliphatic rings. The van der Waals surface area contributed by atoms with Crippen molar-refractivity contribution in [2.24, 2.45) is 5.92 Å². The van der Waals surface area contributed by atoms with Gasteiger partial charge in [0.25, 0.3) is 0 Å². The predicted octanol–water partition coefficient (Wildman–Crippen LogP) is 2.86. The minimum absolute atomic E-state index is 0.134. The summed E-state index contributed by atoms with van der Waals surface area (Å²) in [4.78, 5) is 23.9. The Labute approximate surface area is 127 Å². The summed E-state index contributed by atoms with van der Waals surface area (Å²) in [6.07, 6.45) is 0.